The molecule has 0 aliphatic heterocycles. The van der Waals surface area contributed by atoms with Gasteiger partial charge >= 0.3 is 5.97 Å². The zero-order valence-corrected chi connectivity index (χ0v) is 23.5. The Kier molecular flexibility index (Phi) is 9.70. The third-order valence-electron chi connectivity index (χ3n) is 7.60. The van der Waals surface area contributed by atoms with Crippen LogP contribution in [0.2, 0.25) is 0 Å². The Bertz CT molecular complexity index is 1270. The van der Waals surface area contributed by atoms with Gasteiger partial charge in [0.2, 0.25) is 0 Å². The largest absolute Gasteiger partial charge is 0.479 e. The van der Waals surface area contributed by atoms with Gasteiger partial charge in [-0.15, -0.1) is 0 Å². The molecule has 0 saturated heterocycles. The molecule has 4 nitrogen and oxygen atoms in total. The molecule has 4 aromatic carbocycles. The molecule has 0 aromatic heterocycles. The second-order valence-electron chi connectivity index (χ2n) is 10.3. The average molecular weight is 535 g/mol. The first kappa shape index (κ1) is 29.0. The Morgan fingerprint density at radius 2 is 1.20 bits per heavy atom. The van der Waals surface area contributed by atoms with E-state index in [2.05, 4.69) is 42.5 Å². The van der Waals surface area contributed by atoms with Crippen molar-refractivity contribution in [3.63, 3.8) is 0 Å². The number of ether oxygens (including phenoxy) is 2. The number of benzene rings is 4. The normalized spacial score (nSPS) is 14.3. The van der Waals surface area contributed by atoms with Crippen molar-refractivity contribution in [2.45, 2.75) is 45.5 Å². The Morgan fingerprint density at radius 3 is 1.60 bits per heavy atom. The molecular formula is C36H38O4. The second-order valence-corrected chi connectivity index (χ2v) is 10.3. The molecule has 40 heavy (non-hydrogen) atoms. The predicted molar refractivity (Wildman–Crippen MR) is 160 cm³/mol. The topological polar surface area (TPSA) is 55.8 Å². The van der Waals surface area contributed by atoms with Crippen LogP contribution in [0.25, 0.3) is 0 Å². The summed E-state index contributed by atoms with van der Waals surface area (Å²) in [5.41, 5.74) is 2.79. The lowest BCUT2D eigenvalue weighted by Gasteiger charge is -2.42. The van der Waals surface area contributed by atoms with Gasteiger partial charge in [-0.05, 0) is 35.6 Å². The van der Waals surface area contributed by atoms with E-state index >= 15 is 0 Å². The average Bonchev–Trinajstić information content (AvgIpc) is 3.00. The van der Waals surface area contributed by atoms with Crippen molar-refractivity contribution in [3.8, 4) is 0 Å². The van der Waals surface area contributed by atoms with Crippen molar-refractivity contribution in [3.05, 3.63) is 155 Å². The highest BCUT2D eigenvalue weighted by Gasteiger charge is 2.46. The Morgan fingerprint density at radius 1 is 0.775 bits per heavy atom. The van der Waals surface area contributed by atoms with Crippen LogP contribution in [-0.2, 0) is 26.5 Å². The molecule has 4 heteroatoms. The van der Waals surface area contributed by atoms with Crippen LogP contribution in [-0.4, -0.2) is 23.8 Å². The highest BCUT2D eigenvalue weighted by atomic mass is 16.5. The summed E-state index contributed by atoms with van der Waals surface area (Å²) < 4.78 is 13.3. The van der Waals surface area contributed by atoms with Crippen molar-refractivity contribution in [1.82, 2.24) is 0 Å². The van der Waals surface area contributed by atoms with Crippen LogP contribution in [0.5, 0.6) is 0 Å². The van der Waals surface area contributed by atoms with Gasteiger partial charge in [0.1, 0.15) is 5.60 Å². The third kappa shape index (κ3) is 6.25. The molecule has 0 saturated carbocycles. The number of carboxylic acid groups (broad SMARTS) is 1. The minimum Gasteiger partial charge on any atom is -0.479 e. The molecule has 0 aliphatic rings. The van der Waals surface area contributed by atoms with Crippen molar-refractivity contribution in [1.29, 1.82) is 0 Å². The molecule has 4 aromatic rings. The summed E-state index contributed by atoms with van der Waals surface area (Å²) in [4.78, 5) is 12.8. The molecule has 4 rings (SSSR count). The first-order valence-corrected chi connectivity index (χ1v) is 13.8. The molecule has 0 unspecified atom stereocenters. The van der Waals surface area contributed by atoms with Crippen LogP contribution in [0.4, 0.5) is 0 Å². The van der Waals surface area contributed by atoms with E-state index in [0.717, 1.165) is 34.2 Å². The summed E-state index contributed by atoms with van der Waals surface area (Å²) in [6, 6.07) is 40.0. The molecule has 2 atom stereocenters. The smallest absolute Gasteiger partial charge is 0.333 e. The van der Waals surface area contributed by atoms with E-state index in [1.54, 1.807) is 0 Å². The van der Waals surface area contributed by atoms with Gasteiger partial charge in [-0.25, -0.2) is 4.79 Å². The van der Waals surface area contributed by atoms with E-state index in [9.17, 15) is 9.90 Å². The van der Waals surface area contributed by atoms with Gasteiger partial charge in [0.25, 0.3) is 0 Å². The van der Waals surface area contributed by atoms with Crippen molar-refractivity contribution < 1.29 is 19.4 Å². The highest BCUT2D eigenvalue weighted by Crippen LogP contribution is 2.44. The molecule has 0 aliphatic carbocycles. The maximum absolute atomic E-state index is 12.8. The zero-order chi connectivity index (χ0) is 28.4. The van der Waals surface area contributed by atoms with Crippen LogP contribution in [0.15, 0.2) is 133 Å². The number of aliphatic carboxylic acids is 1. The SMILES string of the molecule is CC/C=C(\C)[C@](C)(COC(c1ccccc1)(c1ccccc1)c1ccccc1)[C@@H](OCc1ccccc1)C(=O)O. The fourth-order valence-corrected chi connectivity index (χ4v) is 5.24. The number of hydrogen-bond acceptors (Lipinski definition) is 3. The van der Waals surface area contributed by atoms with Gasteiger partial charge in [-0.3, -0.25) is 0 Å². The van der Waals surface area contributed by atoms with Gasteiger partial charge in [-0.2, -0.15) is 0 Å². The molecule has 0 fully saturated rings. The summed E-state index contributed by atoms with van der Waals surface area (Å²) in [5, 5.41) is 10.5. The lowest BCUT2D eigenvalue weighted by Crippen LogP contribution is -2.47. The monoisotopic (exact) mass is 534 g/mol. The van der Waals surface area contributed by atoms with E-state index in [1.165, 1.54) is 0 Å². The van der Waals surface area contributed by atoms with E-state index < -0.39 is 23.1 Å². The molecule has 206 valence electrons. The molecule has 1 N–H and O–H groups in total. The molecule has 0 amide bonds. The first-order valence-electron chi connectivity index (χ1n) is 13.8. The lowest BCUT2D eigenvalue weighted by molar-refractivity contribution is -0.165. The summed E-state index contributed by atoms with van der Waals surface area (Å²) in [5.74, 6) is -1.02. The molecule has 0 bridgehead atoms. The second kappa shape index (κ2) is 13.4. The predicted octanol–water partition coefficient (Wildman–Crippen LogP) is 8.03. The maximum atomic E-state index is 12.8. The van der Waals surface area contributed by atoms with E-state index in [1.807, 2.05) is 106 Å². The number of rotatable bonds is 13. The van der Waals surface area contributed by atoms with E-state index in [4.69, 9.17) is 9.47 Å². The fraction of sp³-hybridized carbons (Fsp3) is 0.250. The van der Waals surface area contributed by atoms with Crippen LogP contribution in [0, 0.1) is 5.41 Å². The third-order valence-corrected chi connectivity index (χ3v) is 7.60. The lowest BCUT2D eigenvalue weighted by atomic mass is 9.76. The quantitative estimate of drug-likeness (QED) is 0.139. The first-order chi connectivity index (χ1) is 19.4. The summed E-state index contributed by atoms with van der Waals surface area (Å²) in [7, 11) is 0. The standard InChI is InChI=1S/C36H38O4/c1-4-17-28(2)35(3,33(34(37)38)39-26-29-18-9-5-10-19-29)27-40-36(30-20-11-6-12-21-30,31-22-13-7-14-23-31)32-24-15-8-16-25-32/h5-25,33H,4,26-27H2,1-3H3,(H,37,38)/b28-17+/t33-,35-/m0/s1. The number of carboxylic acids is 1. The Labute approximate surface area is 237 Å². The van der Waals surface area contributed by atoms with Crippen LogP contribution in [0.1, 0.15) is 49.4 Å². The zero-order valence-electron chi connectivity index (χ0n) is 23.5. The van der Waals surface area contributed by atoms with E-state index in [-0.39, 0.29) is 13.2 Å². The van der Waals surface area contributed by atoms with Crippen molar-refractivity contribution >= 4 is 5.97 Å². The maximum Gasteiger partial charge on any atom is 0.333 e. The summed E-state index contributed by atoms with van der Waals surface area (Å²) in [6.07, 6.45) is 1.71. The van der Waals surface area contributed by atoms with Gasteiger partial charge in [0.15, 0.2) is 6.10 Å². The van der Waals surface area contributed by atoms with Crippen LogP contribution >= 0.6 is 0 Å². The molecule has 0 spiro atoms. The molecular weight excluding hydrogens is 496 g/mol. The van der Waals surface area contributed by atoms with Gasteiger partial charge in [0.05, 0.1) is 13.2 Å². The molecule has 0 radical (unpaired) electrons. The fourth-order valence-electron chi connectivity index (χ4n) is 5.24. The van der Waals surface area contributed by atoms with Crippen LogP contribution < -0.4 is 0 Å². The summed E-state index contributed by atoms with van der Waals surface area (Å²) in [6.45, 7) is 6.26. The molecule has 0 heterocycles. The number of allylic oxidation sites excluding steroid dienone is 1. The number of hydrogen-bond donors (Lipinski definition) is 1. The highest BCUT2D eigenvalue weighted by molar-refractivity contribution is 5.74. The van der Waals surface area contributed by atoms with E-state index in [0.29, 0.717) is 0 Å². The minimum atomic E-state index is -1.13. The number of carbonyl (C=O) groups is 1. The Hall–Kier alpha value is -3.99. The Balaban J connectivity index is 1.82. The van der Waals surface area contributed by atoms with Crippen LogP contribution in [0.3, 0.4) is 0 Å². The summed E-state index contributed by atoms with van der Waals surface area (Å²) >= 11 is 0. The minimum absolute atomic E-state index is 0.111. The van der Waals surface area contributed by atoms with Gasteiger partial charge in [-0.1, -0.05) is 147 Å². The van der Waals surface area contributed by atoms with Gasteiger partial charge in [0, 0.05) is 5.41 Å². The van der Waals surface area contributed by atoms with Gasteiger partial charge < -0.3 is 14.6 Å². The van der Waals surface area contributed by atoms with Crippen molar-refractivity contribution in [2.24, 2.45) is 5.41 Å². The van der Waals surface area contributed by atoms with Crippen molar-refractivity contribution in [2.75, 3.05) is 6.61 Å².